The number of carbonyl (C=O) groups excluding carboxylic acids is 3. The number of urea groups is 1. The van der Waals surface area contributed by atoms with Crippen molar-refractivity contribution in [2.24, 2.45) is 5.92 Å². The fraction of sp³-hybridized carbons (Fsp3) is 0.609. The Kier molecular flexibility index (Phi) is 7.13. The van der Waals surface area contributed by atoms with Crippen molar-refractivity contribution < 1.29 is 19.7 Å². The lowest BCUT2D eigenvalue weighted by Crippen LogP contribution is -2.88. The van der Waals surface area contributed by atoms with Crippen molar-refractivity contribution >= 4 is 17.8 Å². The number of aryl methyl sites for hydroxylation is 1. The molecule has 0 radical (unpaired) electrons. The third-order valence-electron chi connectivity index (χ3n) is 6.28. The maximum atomic E-state index is 12.8. The van der Waals surface area contributed by atoms with Gasteiger partial charge in [0.05, 0.1) is 0 Å². The topological polar surface area (TPSA) is 95.1 Å². The summed E-state index contributed by atoms with van der Waals surface area (Å²) in [4.78, 5) is 37.7. The van der Waals surface area contributed by atoms with Crippen molar-refractivity contribution in [2.45, 2.75) is 77.3 Å². The summed E-state index contributed by atoms with van der Waals surface area (Å²) in [7, 11) is 0. The van der Waals surface area contributed by atoms with Gasteiger partial charge in [-0.05, 0) is 24.8 Å². The summed E-state index contributed by atoms with van der Waals surface area (Å²) < 4.78 is 0. The van der Waals surface area contributed by atoms with Gasteiger partial charge in [-0.1, -0.05) is 70.7 Å². The van der Waals surface area contributed by atoms with Crippen LogP contribution < -0.4 is 16.1 Å². The minimum absolute atomic E-state index is 0.124. The lowest BCUT2D eigenvalue weighted by atomic mass is 9.82. The zero-order valence-electron chi connectivity index (χ0n) is 18.4. The molecule has 1 saturated carbocycles. The molecule has 1 aliphatic carbocycles. The van der Waals surface area contributed by atoms with Crippen LogP contribution in [-0.2, 0) is 16.0 Å². The summed E-state index contributed by atoms with van der Waals surface area (Å²) in [6, 6.07) is 8.17. The third kappa shape index (κ3) is 4.83. The van der Waals surface area contributed by atoms with Crippen LogP contribution in [0.4, 0.5) is 4.79 Å². The summed E-state index contributed by atoms with van der Waals surface area (Å²) in [5.74, 6) is -0.343. The average molecular weight is 416 g/mol. The molecule has 1 aromatic carbocycles. The Bertz CT molecular complexity index is 769. The van der Waals surface area contributed by atoms with Gasteiger partial charge in [0.25, 0.3) is 11.8 Å². The first-order valence-electron chi connectivity index (χ1n) is 11.2. The number of hydrogen-bond acceptors (Lipinski definition) is 3. The number of amides is 4. The number of nitrogens with zero attached hydrogens (tertiary/aromatic N) is 1. The van der Waals surface area contributed by atoms with E-state index in [1.165, 1.54) is 11.1 Å². The quantitative estimate of drug-likeness (QED) is 0.568. The maximum absolute atomic E-state index is 12.8. The Morgan fingerprint density at radius 3 is 2.43 bits per heavy atom. The molecule has 4 N–H and O–H groups in total. The van der Waals surface area contributed by atoms with Crippen LogP contribution in [0, 0.1) is 5.92 Å². The van der Waals surface area contributed by atoms with E-state index in [1.54, 1.807) is 0 Å². The summed E-state index contributed by atoms with van der Waals surface area (Å²) in [5.41, 5.74) is 4.19. The Labute approximate surface area is 178 Å². The van der Waals surface area contributed by atoms with E-state index in [4.69, 9.17) is 0 Å². The number of quaternary nitrogens is 1. The van der Waals surface area contributed by atoms with Gasteiger partial charge in [-0.2, -0.15) is 5.01 Å². The second-order valence-electron chi connectivity index (χ2n) is 8.95. The number of rotatable bonds is 8. The van der Waals surface area contributed by atoms with Gasteiger partial charge in [0.2, 0.25) is 0 Å². The largest absolute Gasteiger partial charge is 0.344 e. The van der Waals surface area contributed by atoms with Crippen LogP contribution in [0.5, 0.6) is 0 Å². The number of hydrazine groups is 1. The van der Waals surface area contributed by atoms with E-state index in [9.17, 15) is 14.4 Å². The lowest BCUT2D eigenvalue weighted by molar-refractivity contribution is -0.692. The summed E-state index contributed by atoms with van der Waals surface area (Å²) >= 11 is 0. The van der Waals surface area contributed by atoms with E-state index in [0.29, 0.717) is 18.8 Å². The molecule has 30 heavy (non-hydrogen) atoms. The number of imide groups is 1. The highest BCUT2D eigenvalue weighted by Gasteiger charge is 2.52. The van der Waals surface area contributed by atoms with Crippen molar-refractivity contribution in [3.05, 3.63) is 35.4 Å². The monoisotopic (exact) mass is 415 g/mol. The van der Waals surface area contributed by atoms with E-state index in [0.717, 1.165) is 37.1 Å². The van der Waals surface area contributed by atoms with Gasteiger partial charge < -0.3 is 10.6 Å². The highest BCUT2D eigenvalue weighted by atomic mass is 16.2. The Morgan fingerprint density at radius 2 is 1.83 bits per heavy atom. The van der Waals surface area contributed by atoms with Crippen molar-refractivity contribution in [1.29, 1.82) is 0 Å². The zero-order valence-corrected chi connectivity index (χ0v) is 18.4. The summed E-state index contributed by atoms with van der Waals surface area (Å²) in [6.07, 6.45) is 6.35. The predicted molar refractivity (Wildman–Crippen MR) is 114 cm³/mol. The van der Waals surface area contributed by atoms with Gasteiger partial charge in [0.1, 0.15) is 11.6 Å². The van der Waals surface area contributed by atoms with Gasteiger partial charge in [0.15, 0.2) is 6.54 Å². The SMILES string of the molecule is CCCc1ccc([C@@H]([NH2+]CC(=O)NN2C(=O)NC3(CCCCC3)C2=O)C(C)C)cc1. The molecule has 1 atom stereocenters. The van der Waals surface area contributed by atoms with Crippen molar-refractivity contribution in [3.8, 4) is 0 Å². The van der Waals surface area contributed by atoms with Crippen LogP contribution in [0.25, 0.3) is 0 Å². The first kappa shape index (κ1) is 22.3. The zero-order chi connectivity index (χ0) is 21.7. The van der Waals surface area contributed by atoms with Gasteiger partial charge >= 0.3 is 6.03 Å². The van der Waals surface area contributed by atoms with Gasteiger partial charge in [-0.3, -0.25) is 15.0 Å². The Morgan fingerprint density at radius 1 is 1.17 bits per heavy atom. The lowest BCUT2D eigenvalue weighted by Gasteiger charge is -2.30. The number of benzene rings is 1. The summed E-state index contributed by atoms with van der Waals surface area (Å²) in [6.45, 7) is 6.56. The van der Waals surface area contributed by atoms with E-state index >= 15 is 0 Å². The Hall–Kier alpha value is -2.41. The number of nitrogens with two attached hydrogens (primary N) is 1. The molecule has 0 unspecified atom stereocenters. The number of hydrogen-bond donors (Lipinski definition) is 3. The standard InChI is InChI=1S/C23H34N4O3/c1-4-8-17-9-11-18(12-10-17)20(16(2)3)24-15-19(28)26-27-21(29)23(25-22(27)30)13-6-5-7-14-23/h9-12,16,20,24H,4-8,13-15H2,1-3H3,(H,25,30)(H,26,28)/p+1/t20-/m0/s1. The highest BCUT2D eigenvalue weighted by Crippen LogP contribution is 2.32. The summed E-state index contributed by atoms with van der Waals surface area (Å²) in [5, 5.41) is 5.67. The highest BCUT2D eigenvalue weighted by molar-refractivity contribution is 6.08. The van der Waals surface area contributed by atoms with E-state index < -0.39 is 11.6 Å². The molecule has 1 aliphatic heterocycles. The Balaban J connectivity index is 1.58. The van der Waals surface area contributed by atoms with Crippen LogP contribution in [-0.4, -0.2) is 34.9 Å². The fourth-order valence-electron chi connectivity index (χ4n) is 4.61. The first-order valence-corrected chi connectivity index (χ1v) is 11.2. The van der Waals surface area contributed by atoms with Crippen molar-refractivity contribution in [2.75, 3.05) is 6.54 Å². The molecule has 1 heterocycles. The normalized spacial score (nSPS) is 19.3. The minimum Gasteiger partial charge on any atom is -0.332 e. The molecule has 1 spiro atoms. The van der Waals surface area contributed by atoms with E-state index in [2.05, 4.69) is 55.8 Å². The molecule has 4 amide bonds. The fourth-order valence-corrected chi connectivity index (χ4v) is 4.61. The van der Waals surface area contributed by atoms with Crippen LogP contribution in [0.2, 0.25) is 0 Å². The molecule has 1 saturated heterocycles. The second kappa shape index (κ2) is 9.60. The number of nitrogens with one attached hydrogen (secondary N) is 2. The molecular weight excluding hydrogens is 380 g/mol. The molecule has 164 valence electrons. The van der Waals surface area contributed by atoms with E-state index in [-0.39, 0.29) is 24.4 Å². The van der Waals surface area contributed by atoms with Crippen molar-refractivity contribution in [3.63, 3.8) is 0 Å². The molecule has 7 nitrogen and oxygen atoms in total. The average Bonchev–Trinajstić information content (AvgIpc) is 2.94. The molecule has 2 fully saturated rings. The van der Waals surface area contributed by atoms with Crippen LogP contribution in [0.15, 0.2) is 24.3 Å². The third-order valence-corrected chi connectivity index (χ3v) is 6.28. The van der Waals surface area contributed by atoms with E-state index in [1.807, 2.05) is 5.32 Å². The first-order chi connectivity index (χ1) is 14.4. The molecule has 3 rings (SSSR count). The molecule has 1 aromatic rings. The maximum Gasteiger partial charge on any atom is 0.344 e. The molecule has 7 heteroatoms. The van der Waals surface area contributed by atoms with Crippen molar-refractivity contribution in [1.82, 2.24) is 15.8 Å². The molecule has 2 aliphatic rings. The van der Waals surface area contributed by atoms with Gasteiger partial charge in [-0.25, -0.2) is 4.79 Å². The molecule has 0 aromatic heterocycles. The van der Waals surface area contributed by atoms with Crippen LogP contribution >= 0.6 is 0 Å². The number of carbonyl (C=O) groups is 3. The molecular formula is C23H35N4O3+. The van der Waals surface area contributed by atoms with Gasteiger partial charge in [-0.15, -0.1) is 0 Å². The predicted octanol–water partition coefficient (Wildman–Crippen LogP) is 2.19. The van der Waals surface area contributed by atoms with Crippen LogP contribution in [0.3, 0.4) is 0 Å². The van der Waals surface area contributed by atoms with Gasteiger partial charge in [0, 0.05) is 11.5 Å². The molecule has 0 bridgehead atoms. The second-order valence-corrected chi connectivity index (χ2v) is 8.95. The minimum atomic E-state index is -0.826. The smallest absolute Gasteiger partial charge is 0.332 e. The van der Waals surface area contributed by atoms with Crippen LogP contribution in [0.1, 0.15) is 76.5 Å².